The smallest absolute Gasteiger partial charge is 0.354 e. The van der Waals surface area contributed by atoms with Crippen LogP contribution >= 0.6 is 23.5 Å². The van der Waals surface area contributed by atoms with Crippen molar-refractivity contribution in [2.24, 2.45) is 0 Å². The Bertz CT molecular complexity index is 1010. The highest BCUT2D eigenvalue weighted by Gasteiger charge is 2.14. The fourth-order valence-electron chi connectivity index (χ4n) is 2.60. The fourth-order valence-corrected chi connectivity index (χ4v) is 4.55. The SMILES string of the molecule is COC(=O)/C=C(/Nc1cc(Sc2ccccc2)cc(Sc2ccccc2)c1)C(=O)OC. The molecule has 1 N–H and O–H groups in total. The minimum atomic E-state index is -0.663. The summed E-state index contributed by atoms with van der Waals surface area (Å²) < 4.78 is 9.44. The summed E-state index contributed by atoms with van der Waals surface area (Å²) in [7, 11) is 2.51. The molecule has 0 saturated carbocycles. The van der Waals surface area contributed by atoms with Gasteiger partial charge in [-0.05, 0) is 42.5 Å². The lowest BCUT2D eigenvalue weighted by Crippen LogP contribution is -2.15. The first-order valence-electron chi connectivity index (χ1n) is 9.33. The Morgan fingerprint density at radius 2 is 1.26 bits per heavy atom. The van der Waals surface area contributed by atoms with E-state index in [1.54, 1.807) is 23.5 Å². The highest BCUT2D eigenvalue weighted by molar-refractivity contribution is 8.00. The third-order valence-electron chi connectivity index (χ3n) is 3.99. The van der Waals surface area contributed by atoms with Crippen LogP contribution in [0.4, 0.5) is 5.69 Å². The first-order chi connectivity index (χ1) is 15.1. The summed E-state index contributed by atoms with van der Waals surface area (Å²) in [6, 6.07) is 25.9. The van der Waals surface area contributed by atoms with E-state index in [1.807, 2.05) is 72.8 Å². The van der Waals surface area contributed by atoms with E-state index in [1.165, 1.54) is 14.2 Å². The van der Waals surface area contributed by atoms with E-state index in [4.69, 9.17) is 4.74 Å². The molecule has 0 bridgehead atoms. The van der Waals surface area contributed by atoms with Gasteiger partial charge in [-0.3, -0.25) is 0 Å². The largest absolute Gasteiger partial charge is 0.466 e. The molecule has 0 aliphatic rings. The number of esters is 2. The molecule has 0 amide bonds. The predicted octanol–water partition coefficient (Wildman–Crippen LogP) is 5.63. The normalized spacial score (nSPS) is 11.0. The lowest BCUT2D eigenvalue weighted by atomic mass is 10.3. The van der Waals surface area contributed by atoms with Crippen molar-refractivity contribution in [2.75, 3.05) is 19.5 Å². The number of anilines is 1. The standard InChI is InChI=1S/C24H21NO4S2/c1-28-23(26)16-22(24(27)29-2)25-17-13-20(30-18-9-5-3-6-10-18)15-21(14-17)31-19-11-7-4-8-12-19/h3-16,25H,1-2H3/b22-16+. The van der Waals surface area contributed by atoms with Crippen LogP contribution in [0.1, 0.15) is 0 Å². The van der Waals surface area contributed by atoms with Gasteiger partial charge in [0.2, 0.25) is 0 Å². The van der Waals surface area contributed by atoms with Gasteiger partial charge in [-0.15, -0.1) is 0 Å². The molecule has 31 heavy (non-hydrogen) atoms. The quantitative estimate of drug-likeness (QED) is 0.352. The molecule has 0 aromatic heterocycles. The van der Waals surface area contributed by atoms with E-state index in [9.17, 15) is 9.59 Å². The maximum Gasteiger partial charge on any atom is 0.354 e. The number of hydrogen-bond acceptors (Lipinski definition) is 7. The van der Waals surface area contributed by atoms with Crippen molar-refractivity contribution >= 4 is 41.1 Å². The molecule has 158 valence electrons. The predicted molar refractivity (Wildman–Crippen MR) is 123 cm³/mol. The molecule has 0 unspecified atom stereocenters. The Hall–Kier alpha value is -3.16. The molecule has 0 aliphatic carbocycles. The molecule has 3 aromatic rings. The van der Waals surface area contributed by atoms with Crippen molar-refractivity contribution < 1.29 is 19.1 Å². The van der Waals surface area contributed by atoms with Crippen LogP contribution in [-0.4, -0.2) is 26.2 Å². The molecule has 5 nitrogen and oxygen atoms in total. The van der Waals surface area contributed by atoms with Crippen LogP contribution in [0.3, 0.4) is 0 Å². The number of nitrogens with one attached hydrogen (secondary N) is 1. The van der Waals surface area contributed by atoms with Crippen LogP contribution < -0.4 is 5.32 Å². The fraction of sp³-hybridized carbons (Fsp3) is 0.0833. The van der Waals surface area contributed by atoms with Crippen molar-refractivity contribution in [3.05, 3.63) is 90.6 Å². The van der Waals surface area contributed by atoms with Gasteiger partial charge in [-0.25, -0.2) is 9.59 Å². The Kier molecular flexibility index (Phi) is 8.20. The zero-order chi connectivity index (χ0) is 22.1. The molecule has 0 fully saturated rings. The van der Waals surface area contributed by atoms with Gasteiger partial charge in [-0.2, -0.15) is 0 Å². The molecule has 3 rings (SSSR count). The second kappa shape index (κ2) is 11.3. The lowest BCUT2D eigenvalue weighted by Gasteiger charge is -2.13. The highest BCUT2D eigenvalue weighted by Crippen LogP contribution is 2.36. The van der Waals surface area contributed by atoms with E-state index in [0.29, 0.717) is 5.69 Å². The number of hydrogen-bond donors (Lipinski definition) is 1. The summed E-state index contributed by atoms with van der Waals surface area (Å²) in [4.78, 5) is 28.0. The van der Waals surface area contributed by atoms with Gasteiger partial charge in [0.15, 0.2) is 0 Å². The zero-order valence-electron chi connectivity index (χ0n) is 17.0. The third kappa shape index (κ3) is 6.94. The van der Waals surface area contributed by atoms with Crippen LogP contribution in [0.5, 0.6) is 0 Å². The van der Waals surface area contributed by atoms with Gasteiger partial charge in [0.25, 0.3) is 0 Å². The molecule has 0 saturated heterocycles. The van der Waals surface area contributed by atoms with Crippen LogP contribution in [0.25, 0.3) is 0 Å². The van der Waals surface area contributed by atoms with Crippen molar-refractivity contribution in [3.63, 3.8) is 0 Å². The maximum absolute atomic E-state index is 12.1. The van der Waals surface area contributed by atoms with Crippen LogP contribution in [-0.2, 0) is 19.1 Å². The van der Waals surface area contributed by atoms with Crippen molar-refractivity contribution in [1.29, 1.82) is 0 Å². The number of benzene rings is 3. The average molecular weight is 452 g/mol. The summed E-state index contributed by atoms with van der Waals surface area (Å²) in [5, 5.41) is 3.01. The topological polar surface area (TPSA) is 64.6 Å². The zero-order valence-corrected chi connectivity index (χ0v) is 18.7. The van der Waals surface area contributed by atoms with Gasteiger partial charge in [-0.1, -0.05) is 59.9 Å². The van der Waals surface area contributed by atoms with E-state index in [2.05, 4.69) is 16.1 Å². The molecular weight excluding hydrogens is 430 g/mol. The summed E-state index contributed by atoms with van der Waals surface area (Å²) in [5.74, 6) is -1.31. The van der Waals surface area contributed by atoms with Gasteiger partial charge < -0.3 is 14.8 Å². The summed E-state index contributed by atoms with van der Waals surface area (Å²) >= 11 is 3.21. The van der Waals surface area contributed by atoms with Crippen LogP contribution in [0.2, 0.25) is 0 Å². The molecule has 0 aliphatic heterocycles. The van der Waals surface area contributed by atoms with Gasteiger partial charge in [0.1, 0.15) is 5.70 Å². The lowest BCUT2D eigenvalue weighted by molar-refractivity contribution is -0.138. The Balaban J connectivity index is 1.95. The monoisotopic (exact) mass is 451 g/mol. The molecule has 7 heteroatoms. The molecule has 3 aromatic carbocycles. The number of rotatable bonds is 8. The minimum absolute atomic E-state index is 0.00753. The molecular formula is C24H21NO4S2. The van der Waals surface area contributed by atoms with Gasteiger partial charge in [0.05, 0.1) is 20.3 Å². The van der Waals surface area contributed by atoms with Crippen LogP contribution in [0, 0.1) is 0 Å². The van der Waals surface area contributed by atoms with Crippen molar-refractivity contribution in [2.45, 2.75) is 19.6 Å². The second-order valence-corrected chi connectivity index (χ2v) is 8.51. The van der Waals surface area contributed by atoms with E-state index in [0.717, 1.165) is 25.7 Å². The minimum Gasteiger partial charge on any atom is -0.466 e. The Labute approximate surface area is 189 Å². The van der Waals surface area contributed by atoms with Crippen molar-refractivity contribution in [3.8, 4) is 0 Å². The molecule has 0 radical (unpaired) electrons. The van der Waals surface area contributed by atoms with E-state index in [-0.39, 0.29) is 5.70 Å². The molecule has 0 heterocycles. The summed E-state index contributed by atoms with van der Waals surface area (Å²) in [6.07, 6.45) is 1.08. The van der Waals surface area contributed by atoms with Crippen LogP contribution in [0.15, 0.2) is 110 Å². The molecule has 0 atom stereocenters. The number of methoxy groups -OCH3 is 2. The number of ether oxygens (including phenoxy) is 2. The van der Waals surface area contributed by atoms with Gasteiger partial charge >= 0.3 is 11.9 Å². The molecule has 0 spiro atoms. The van der Waals surface area contributed by atoms with E-state index >= 15 is 0 Å². The van der Waals surface area contributed by atoms with Crippen molar-refractivity contribution in [1.82, 2.24) is 0 Å². The first kappa shape index (κ1) is 22.5. The maximum atomic E-state index is 12.1. The Morgan fingerprint density at radius 1 is 0.742 bits per heavy atom. The van der Waals surface area contributed by atoms with E-state index < -0.39 is 11.9 Å². The summed E-state index contributed by atoms with van der Waals surface area (Å²) in [5.41, 5.74) is 0.645. The average Bonchev–Trinajstić information content (AvgIpc) is 2.79. The first-order valence-corrected chi connectivity index (χ1v) is 11.0. The Morgan fingerprint density at radius 3 is 1.71 bits per heavy atom. The third-order valence-corrected chi connectivity index (χ3v) is 5.94. The second-order valence-electron chi connectivity index (χ2n) is 6.22. The number of carbonyl (C=O) groups is 2. The number of carbonyl (C=O) groups excluding carboxylic acids is 2. The highest BCUT2D eigenvalue weighted by atomic mass is 32.2. The van der Waals surface area contributed by atoms with Gasteiger partial charge in [0, 0.05) is 25.3 Å². The summed E-state index contributed by atoms with van der Waals surface area (Å²) in [6.45, 7) is 0.